The lowest BCUT2D eigenvalue weighted by Gasteiger charge is -2.14. The first-order valence-corrected chi connectivity index (χ1v) is 7.65. The largest absolute Gasteiger partial charge is 0.0874 e. The lowest BCUT2D eigenvalue weighted by atomic mass is 9.92. The van der Waals surface area contributed by atoms with Gasteiger partial charge in [-0.25, -0.2) is 0 Å². The Labute approximate surface area is 124 Å². The van der Waals surface area contributed by atoms with Crippen molar-refractivity contribution in [3.63, 3.8) is 0 Å². The van der Waals surface area contributed by atoms with Crippen LogP contribution in [0.1, 0.15) is 53.0 Å². The summed E-state index contributed by atoms with van der Waals surface area (Å²) >= 11 is 0. The van der Waals surface area contributed by atoms with Crippen LogP contribution in [0.4, 0.5) is 0 Å². The SMILES string of the molecule is CC=CC(C)=C(CC)CC(=CC(C)C)c1ccccc1. The van der Waals surface area contributed by atoms with Crippen LogP contribution in [-0.4, -0.2) is 0 Å². The van der Waals surface area contributed by atoms with Crippen LogP contribution < -0.4 is 0 Å². The van der Waals surface area contributed by atoms with E-state index in [4.69, 9.17) is 0 Å². The fraction of sp³-hybridized carbons (Fsp3) is 0.400. The highest BCUT2D eigenvalue weighted by atomic mass is 14.1. The van der Waals surface area contributed by atoms with E-state index in [1.807, 2.05) is 0 Å². The zero-order valence-electron chi connectivity index (χ0n) is 13.6. The van der Waals surface area contributed by atoms with Crippen molar-refractivity contribution in [3.8, 4) is 0 Å². The summed E-state index contributed by atoms with van der Waals surface area (Å²) < 4.78 is 0. The van der Waals surface area contributed by atoms with Crippen LogP contribution in [-0.2, 0) is 0 Å². The van der Waals surface area contributed by atoms with Crippen molar-refractivity contribution in [3.05, 3.63) is 65.3 Å². The van der Waals surface area contributed by atoms with E-state index in [1.54, 1.807) is 0 Å². The molecule has 0 fully saturated rings. The Morgan fingerprint density at radius 3 is 2.30 bits per heavy atom. The number of rotatable bonds is 6. The van der Waals surface area contributed by atoms with Crippen LogP contribution in [0.3, 0.4) is 0 Å². The quantitative estimate of drug-likeness (QED) is 0.522. The van der Waals surface area contributed by atoms with Gasteiger partial charge >= 0.3 is 0 Å². The van der Waals surface area contributed by atoms with Crippen molar-refractivity contribution in [2.75, 3.05) is 0 Å². The molecule has 0 aliphatic carbocycles. The summed E-state index contributed by atoms with van der Waals surface area (Å²) in [7, 11) is 0. The molecule has 108 valence electrons. The molecule has 0 aliphatic rings. The van der Waals surface area contributed by atoms with E-state index in [-0.39, 0.29) is 0 Å². The molecule has 0 heteroatoms. The maximum atomic E-state index is 2.40. The molecule has 0 radical (unpaired) electrons. The van der Waals surface area contributed by atoms with Gasteiger partial charge in [-0.05, 0) is 43.7 Å². The highest BCUT2D eigenvalue weighted by Gasteiger charge is 2.07. The third-order valence-electron chi connectivity index (χ3n) is 3.48. The monoisotopic (exact) mass is 268 g/mol. The molecule has 0 aromatic heterocycles. The topological polar surface area (TPSA) is 0 Å². The number of hydrogen-bond acceptors (Lipinski definition) is 0. The van der Waals surface area contributed by atoms with Crippen molar-refractivity contribution in [1.82, 2.24) is 0 Å². The molecule has 1 aromatic carbocycles. The molecule has 0 nitrogen and oxygen atoms in total. The molecule has 0 unspecified atom stereocenters. The van der Waals surface area contributed by atoms with Gasteiger partial charge in [0.05, 0.1) is 0 Å². The number of benzene rings is 1. The van der Waals surface area contributed by atoms with E-state index in [0.29, 0.717) is 5.92 Å². The highest BCUT2D eigenvalue weighted by Crippen LogP contribution is 2.27. The van der Waals surface area contributed by atoms with Gasteiger partial charge in [-0.1, -0.05) is 80.5 Å². The van der Waals surface area contributed by atoms with E-state index >= 15 is 0 Å². The highest BCUT2D eigenvalue weighted by molar-refractivity contribution is 5.68. The predicted molar refractivity (Wildman–Crippen MR) is 91.7 cm³/mol. The smallest absolute Gasteiger partial charge is 0.00586 e. The zero-order chi connectivity index (χ0) is 15.0. The number of hydrogen-bond donors (Lipinski definition) is 0. The normalized spacial score (nSPS) is 14.0. The molecule has 0 amide bonds. The molecule has 20 heavy (non-hydrogen) atoms. The van der Waals surface area contributed by atoms with Crippen molar-refractivity contribution in [2.24, 2.45) is 5.92 Å². The van der Waals surface area contributed by atoms with Gasteiger partial charge in [0.1, 0.15) is 0 Å². The fourth-order valence-corrected chi connectivity index (χ4v) is 2.45. The van der Waals surface area contributed by atoms with E-state index in [2.05, 4.69) is 83.2 Å². The van der Waals surface area contributed by atoms with Gasteiger partial charge in [-0.3, -0.25) is 0 Å². The molecular formula is C20H28. The third-order valence-corrected chi connectivity index (χ3v) is 3.48. The summed E-state index contributed by atoms with van der Waals surface area (Å²) in [5.74, 6) is 0.574. The van der Waals surface area contributed by atoms with E-state index < -0.39 is 0 Å². The Morgan fingerprint density at radius 2 is 1.80 bits per heavy atom. The summed E-state index contributed by atoms with van der Waals surface area (Å²) in [4.78, 5) is 0. The molecule has 0 N–H and O–H groups in total. The molecule has 0 bridgehead atoms. The molecule has 0 saturated carbocycles. The van der Waals surface area contributed by atoms with Gasteiger partial charge in [0.25, 0.3) is 0 Å². The van der Waals surface area contributed by atoms with Crippen LogP contribution in [0.25, 0.3) is 5.57 Å². The predicted octanol–water partition coefficient (Wildman–Crippen LogP) is 6.42. The summed E-state index contributed by atoms with van der Waals surface area (Å²) in [5.41, 5.74) is 5.72. The average molecular weight is 268 g/mol. The molecular weight excluding hydrogens is 240 g/mol. The molecule has 0 aliphatic heterocycles. The van der Waals surface area contributed by atoms with Crippen molar-refractivity contribution in [2.45, 2.75) is 47.5 Å². The standard InChI is InChI=1S/C20H28/c1-6-11-17(5)18(7-2)15-20(14-16(3)4)19-12-9-8-10-13-19/h6,8-14,16H,7,15H2,1-5H3. The van der Waals surface area contributed by atoms with Crippen molar-refractivity contribution < 1.29 is 0 Å². The van der Waals surface area contributed by atoms with Crippen LogP contribution in [0.5, 0.6) is 0 Å². The summed E-state index contributed by atoms with van der Waals surface area (Å²) in [5, 5.41) is 0. The Kier molecular flexibility index (Phi) is 7.08. The van der Waals surface area contributed by atoms with Gasteiger partial charge in [0.15, 0.2) is 0 Å². The lowest BCUT2D eigenvalue weighted by molar-refractivity contribution is 0.829. The van der Waals surface area contributed by atoms with Crippen molar-refractivity contribution in [1.29, 1.82) is 0 Å². The van der Waals surface area contributed by atoms with Crippen LogP contribution in [0.2, 0.25) is 0 Å². The molecule has 1 aromatic rings. The molecule has 0 heterocycles. The first kappa shape index (κ1) is 16.5. The van der Waals surface area contributed by atoms with Crippen LogP contribution >= 0.6 is 0 Å². The van der Waals surface area contributed by atoms with E-state index in [0.717, 1.165) is 12.8 Å². The average Bonchev–Trinajstić information content (AvgIpc) is 2.44. The molecule has 0 atom stereocenters. The van der Waals surface area contributed by atoms with E-state index in [1.165, 1.54) is 22.3 Å². The van der Waals surface area contributed by atoms with E-state index in [9.17, 15) is 0 Å². The second-order valence-electron chi connectivity index (χ2n) is 5.62. The van der Waals surface area contributed by atoms with Gasteiger partial charge in [0.2, 0.25) is 0 Å². The Hall–Kier alpha value is -1.56. The second kappa shape index (κ2) is 8.58. The molecule has 0 spiro atoms. The minimum Gasteiger partial charge on any atom is -0.0874 e. The Balaban J connectivity index is 3.12. The summed E-state index contributed by atoms with van der Waals surface area (Å²) in [6.45, 7) is 11.0. The lowest BCUT2D eigenvalue weighted by Crippen LogP contribution is -1.93. The zero-order valence-corrected chi connectivity index (χ0v) is 13.6. The summed E-state index contributed by atoms with van der Waals surface area (Å²) in [6, 6.07) is 10.8. The maximum Gasteiger partial charge on any atom is -0.00586 e. The molecule has 0 saturated heterocycles. The maximum absolute atomic E-state index is 2.40. The minimum absolute atomic E-state index is 0.574. The Bertz CT molecular complexity index is 484. The minimum atomic E-state index is 0.574. The number of allylic oxidation sites excluding steroid dienone is 6. The van der Waals surface area contributed by atoms with Gasteiger partial charge in [-0.2, -0.15) is 0 Å². The Morgan fingerprint density at radius 1 is 1.15 bits per heavy atom. The first-order valence-electron chi connectivity index (χ1n) is 7.65. The first-order chi connectivity index (χ1) is 9.58. The molecule has 1 rings (SSSR count). The van der Waals surface area contributed by atoms with Crippen molar-refractivity contribution >= 4 is 5.57 Å². The third kappa shape index (κ3) is 5.21. The van der Waals surface area contributed by atoms with Gasteiger partial charge in [-0.15, -0.1) is 0 Å². The van der Waals surface area contributed by atoms with Crippen LogP contribution in [0, 0.1) is 5.92 Å². The van der Waals surface area contributed by atoms with Gasteiger partial charge < -0.3 is 0 Å². The van der Waals surface area contributed by atoms with Gasteiger partial charge in [0, 0.05) is 0 Å². The van der Waals surface area contributed by atoms with Crippen LogP contribution in [0.15, 0.2) is 59.7 Å². The summed E-state index contributed by atoms with van der Waals surface area (Å²) in [6.07, 6.45) is 8.90. The fourth-order valence-electron chi connectivity index (χ4n) is 2.45. The second-order valence-corrected chi connectivity index (χ2v) is 5.62.